The molecule has 1 aliphatic rings. The fourth-order valence-electron chi connectivity index (χ4n) is 2.65. The van der Waals surface area contributed by atoms with Crippen LogP contribution in [0.1, 0.15) is 32.8 Å². The lowest BCUT2D eigenvalue weighted by Crippen LogP contribution is -2.61. The first-order valence-electron chi connectivity index (χ1n) is 6.71. The summed E-state index contributed by atoms with van der Waals surface area (Å²) in [5.74, 6) is -0.151. The summed E-state index contributed by atoms with van der Waals surface area (Å²) in [6, 6.07) is 5.51. The fourth-order valence-corrected chi connectivity index (χ4v) is 2.65. The van der Waals surface area contributed by atoms with Gasteiger partial charge >= 0.3 is 0 Å². The average molecular weight is 250 g/mol. The second-order valence-electron chi connectivity index (χ2n) is 5.89. The van der Waals surface area contributed by atoms with E-state index in [-0.39, 0.29) is 11.4 Å². The molecule has 1 N–H and O–H groups in total. The molecule has 1 aliphatic heterocycles. The largest absolute Gasteiger partial charge is 0.365 e. The lowest BCUT2D eigenvalue weighted by atomic mass is 9.96. The van der Waals surface area contributed by atoms with Crippen LogP contribution in [-0.2, 0) is 0 Å². The molecule has 1 aromatic carbocycles. The highest BCUT2D eigenvalue weighted by Crippen LogP contribution is 2.28. The molecule has 0 spiro atoms. The van der Waals surface area contributed by atoms with Gasteiger partial charge in [0.1, 0.15) is 5.82 Å². The number of halogens is 1. The van der Waals surface area contributed by atoms with Crippen molar-refractivity contribution in [3.63, 3.8) is 0 Å². The molecule has 1 atom stereocenters. The first kappa shape index (κ1) is 13.3. The van der Waals surface area contributed by atoms with Gasteiger partial charge in [-0.2, -0.15) is 0 Å². The van der Waals surface area contributed by atoms with E-state index in [0.29, 0.717) is 6.04 Å². The Morgan fingerprint density at radius 1 is 1.44 bits per heavy atom. The van der Waals surface area contributed by atoms with Crippen molar-refractivity contribution in [1.82, 2.24) is 5.32 Å². The summed E-state index contributed by atoms with van der Waals surface area (Å²) in [6.07, 6.45) is 1.07. The van der Waals surface area contributed by atoms with Crippen LogP contribution in [0.2, 0.25) is 0 Å². The minimum atomic E-state index is -0.151. The SMILES string of the molecule is CCC1CNC(C)(C)CN1c1cc(F)ccc1C. The molecule has 0 saturated carbocycles. The topological polar surface area (TPSA) is 15.3 Å². The van der Waals surface area contributed by atoms with E-state index in [2.05, 4.69) is 37.9 Å². The van der Waals surface area contributed by atoms with Crippen molar-refractivity contribution in [1.29, 1.82) is 0 Å². The zero-order valence-corrected chi connectivity index (χ0v) is 11.8. The molecule has 0 aliphatic carbocycles. The Morgan fingerprint density at radius 2 is 2.17 bits per heavy atom. The van der Waals surface area contributed by atoms with Crippen molar-refractivity contribution in [2.45, 2.75) is 45.7 Å². The Morgan fingerprint density at radius 3 is 2.83 bits per heavy atom. The van der Waals surface area contributed by atoms with Crippen molar-refractivity contribution in [2.75, 3.05) is 18.0 Å². The van der Waals surface area contributed by atoms with Gasteiger partial charge in [0.15, 0.2) is 0 Å². The molecule has 2 nitrogen and oxygen atoms in total. The average Bonchev–Trinajstić information content (AvgIpc) is 2.31. The molecular formula is C15H23FN2. The van der Waals surface area contributed by atoms with Crippen LogP contribution in [0.15, 0.2) is 18.2 Å². The van der Waals surface area contributed by atoms with Gasteiger partial charge in [-0.05, 0) is 44.9 Å². The number of nitrogens with zero attached hydrogens (tertiary/aromatic N) is 1. The van der Waals surface area contributed by atoms with E-state index in [1.807, 2.05) is 6.07 Å². The molecule has 3 heteroatoms. The molecule has 1 aromatic rings. The van der Waals surface area contributed by atoms with Gasteiger partial charge in [-0.25, -0.2) is 4.39 Å². The summed E-state index contributed by atoms with van der Waals surface area (Å²) >= 11 is 0. The van der Waals surface area contributed by atoms with E-state index >= 15 is 0 Å². The summed E-state index contributed by atoms with van der Waals surface area (Å²) in [7, 11) is 0. The molecule has 2 rings (SSSR count). The van der Waals surface area contributed by atoms with Gasteiger partial charge in [0, 0.05) is 30.4 Å². The third-order valence-electron chi connectivity index (χ3n) is 3.77. The number of rotatable bonds is 2. The van der Waals surface area contributed by atoms with Crippen LogP contribution in [0.25, 0.3) is 0 Å². The van der Waals surface area contributed by atoms with Crippen LogP contribution in [0.4, 0.5) is 10.1 Å². The van der Waals surface area contributed by atoms with Gasteiger partial charge < -0.3 is 10.2 Å². The minimum Gasteiger partial charge on any atom is -0.365 e. The summed E-state index contributed by atoms with van der Waals surface area (Å²) in [4.78, 5) is 2.36. The summed E-state index contributed by atoms with van der Waals surface area (Å²) in [5, 5.41) is 3.56. The van der Waals surface area contributed by atoms with Crippen molar-refractivity contribution < 1.29 is 4.39 Å². The zero-order valence-electron chi connectivity index (χ0n) is 11.8. The number of benzene rings is 1. The number of hydrogen-bond donors (Lipinski definition) is 1. The van der Waals surface area contributed by atoms with Crippen LogP contribution < -0.4 is 10.2 Å². The number of anilines is 1. The molecule has 0 radical (unpaired) electrons. The second-order valence-corrected chi connectivity index (χ2v) is 5.89. The van der Waals surface area contributed by atoms with Crippen molar-refractivity contribution in [3.05, 3.63) is 29.6 Å². The Hall–Kier alpha value is -1.09. The molecule has 1 unspecified atom stereocenters. The lowest BCUT2D eigenvalue weighted by Gasteiger charge is -2.46. The van der Waals surface area contributed by atoms with Crippen LogP contribution in [0, 0.1) is 12.7 Å². The summed E-state index contributed by atoms with van der Waals surface area (Å²) in [6.45, 7) is 10.5. The van der Waals surface area contributed by atoms with Crippen molar-refractivity contribution in [2.24, 2.45) is 0 Å². The lowest BCUT2D eigenvalue weighted by molar-refractivity contribution is 0.306. The van der Waals surface area contributed by atoms with Crippen molar-refractivity contribution in [3.8, 4) is 0 Å². The Labute approximate surface area is 109 Å². The predicted molar refractivity (Wildman–Crippen MR) is 74.6 cm³/mol. The Kier molecular flexibility index (Phi) is 3.62. The standard InChI is InChI=1S/C15H23FN2/c1-5-13-9-17-15(3,4)10-18(13)14-8-12(16)7-6-11(14)2/h6-8,13,17H,5,9-10H2,1-4H3. The molecule has 0 aromatic heterocycles. The minimum absolute atomic E-state index is 0.0738. The molecule has 18 heavy (non-hydrogen) atoms. The van der Waals surface area contributed by atoms with E-state index in [1.165, 1.54) is 6.07 Å². The third kappa shape index (κ3) is 2.66. The number of aryl methyl sites for hydroxylation is 1. The normalized spacial score (nSPS) is 23.2. The molecule has 1 saturated heterocycles. The van der Waals surface area contributed by atoms with Gasteiger partial charge in [-0.15, -0.1) is 0 Å². The maximum Gasteiger partial charge on any atom is 0.125 e. The van der Waals surface area contributed by atoms with Crippen LogP contribution in [-0.4, -0.2) is 24.7 Å². The summed E-state index contributed by atoms with van der Waals surface area (Å²) < 4.78 is 13.5. The van der Waals surface area contributed by atoms with Gasteiger partial charge in [0.25, 0.3) is 0 Å². The predicted octanol–water partition coefficient (Wildman–Crippen LogP) is 3.10. The highest BCUT2D eigenvalue weighted by Gasteiger charge is 2.32. The maximum atomic E-state index is 13.5. The second kappa shape index (κ2) is 4.88. The molecular weight excluding hydrogens is 227 g/mol. The molecule has 100 valence electrons. The van der Waals surface area contributed by atoms with Gasteiger partial charge in [-0.3, -0.25) is 0 Å². The number of piperazine rings is 1. The number of hydrogen-bond acceptors (Lipinski definition) is 2. The van der Waals surface area contributed by atoms with Gasteiger partial charge in [0.05, 0.1) is 0 Å². The fraction of sp³-hybridized carbons (Fsp3) is 0.600. The van der Waals surface area contributed by atoms with Crippen LogP contribution >= 0.6 is 0 Å². The van der Waals surface area contributed by atoms with E-state index in [0.717, 1.165) is 30.8 Å². The highest BCUT2D eigenvalue weighted by atomic mass is 19.1. The monoisotopic (exact) mass is 250 g/mol. The van der Waals surface area contributed by atoms with Crippen LogP contribution in [0.5, 0.6) is 0 Å². The van der Waals surface area contributed by atoms with E-state index in [1.54, 1.807) is 6.07 Å². The highest BCUT2D eigenvalue weighted by molar-refractivity contribution is 5.55. The zero-order chi connectivity index (χ0) is 13.3. The first-order chi connectivity index (χ1) is 8.43. The first-order valence-corrected chi connectivity index (χ1v) is 6.71. The summed E-state index contributed by atoms with van der Waals surface area (Å²) in [5.41, 5.74) is 2.26. The van der Waals surface area contributed by atoms with E-state index in [4.69, 9.17) is 0 Å². The quantitative estimate of drug-likeness (QED) is 0.867. The Balaban J connectivity index is 2.35. The van der Waals surface area contributed by atoms with E-state index < -0.39 is 0 Å². The molecule has 1 heterocycles. The third-order valence-corrected chi connectivity index (χ3v) is 3.77. The maximum absolute atomic E-state index is 13.5. The smallest absolute Gasteiger partial charge is 0.125 e. The Bertz CT molecular complexity index is 429. The molecule has 1 fully saturated rings. The van der Waals surface area contributed by atoms with Gasteiger partial charge in [-0.1, -0.05) is 13.0 Å². The van der Waals surface area contributed by atoms with Crippen LogP contribution in [0.3, 0.4) is 0 Å². The van der Waals surface area contributed by atoms with Crippen molar-refractivity contribution >= 4 is 5.69 Å². The van der Waals surface area contributed by atoms with Gasteiger partial charge in [0.2, 0.25) is 0 Å². The molecule has 0 amide bonds. The number of nitrogens with one attached hydrogen (secondary N) is 1. The molecule has 0 bridgehead atoms. The van der Waals surface area contributed by atoms with E-state index in [9.17, 15) is 4.39 Å².